The quantitative estimate of drug-likeness (QED) is 0.838. The lowest BCUT2D eigenvalue weighted by molar-refractivity contribution is 0.467. The Hall–Kier alpha value is -1.42. The lowest BCUT2D eigenvalue weighted by Crippen LogP contribution is -2.07. The maximum atomic E-state index is 5.93. The molecule has 0 fully saturated rings. The average Bonchev–Trinajstić information content (AvgIpc) is 2.69. The highest BCUT2D eigenvalue weighted by atomic mass is 79.9. The number of rotatable bonds is 3. The first-order valence-corrected chi connectivity index (χ1v) is 6.23. The van der Waals surface area contributed by atoms with Crippen molar-refractivity contribution in [2.24, 2.45) is 0 Å². The smallest absolute Gasteiger partial charge is 0.126 e. The van der Waals surface area contributed by atoms with E-state index in [0.717, 1.165) is 27.4 Å². The van der Waals surface area contributed by atoms with Crippen LogP contribution in [0.1, 0.15) is 24.5 Å². The minimum absolute atomic E-state index is 0.0900. The van der Waals surface area contributed by atoms with Crippen molar-refractivity contribution < 1.29 is 4.42 Å². The number of nitrogens with two attached hydrogens (primary N) is 1. The van der Waals surface area contributed by atoms with Crippen molar-refractivity contribution in [3.05, 3.63) is 46.3 Å². The van der Waals surface area contributed by atoms with Gasteiger partial charge >= 0.3 is 0 Å². The summed E-state index contributed by atoms with van der Waals surface area (Å²) in [4.78, 5) is 0. The third kappa shape index (κ3) is 2.82. The van der Waals surface area contributed by atoms with E-state index >= 15 is 0 Å². The zero-order chi connectivity index (χ0) is 12.4. The second-order valence-corrected chi connectivity index (χ2v) is 4.96. The number of benzene rings is 1. The van der Waals surface area contributed by atoms with Gasteiger partial charge in [0.05, 0.1) is 17.4 Å². The zero-order valence-corrected chi connectivity index (χ0v) is 11.4. The normalized spacial score (nSPS) is 12.4. The monoisotopic (exact) mass is 294 g/mol. The summed E-state index contributed by atoms with van der Waals surface area (Å²) < 4.78 is 6.54. The van der Waals surface area contributed by atoms with Crippen molar-refractivity contribution >= 4 is 27.3 Å². The number of hydrogen-bond donors (Lipinski definition) is 2. The van der Waals surface area contributed by atoms with Crippen LogP contribution in [0.15, 0.2) is 39.2 Å². The van der Waals surface area contributed by atoms with Crippen LogP contribution in [-0.2, 0) is 0 Å². The van der Waals surface area contributed by atoms with Crippen LogP contribution in [0.2, 0.25) is 0 Å². The summed E-state index contributed by atoms with van der Waals surface area (Å²) in [6, 6.07) is 9.81. The first kappa shape index (κ1) is 12.0. The molecular weight excluding hydrogens is 280 g/mol. The Kier molecular flexibility index (Phi) is 3.43. The van der Waals surface area contributed by atoms with Gasteiger partial charge in [-0.05, 0) is 44.2 Å². The number of furan rings is 1. The van der Waals surface area contributed by atoms with Crippen molar-refractivity contribution in [3.63, 3.8) is 0 Å². The van der Waals surface area contributed by atoms with E-state index in [4.69, 9.17) is 10.2 Å². The Morgan fingerprint density at radius 3 is 2.65 bits per heavy atom. The Balaban J connectivity index is 2.15. The molecule has 0 saturated carbocycles. The molecule has 4 heteroatoms. The van der Waals surface area contributed by atoms with E-state index in [0.29, 0.717) is 0 Å². The van der Waals surface area contributed by atoms with E-state index in [1.165, 1.54) is 0 Å². The fourth-order valence-corrected chi connectivity index (χ4v) is 2.03. The molecular formula is C13H15BrN2O. The molecule has 1 heterocycles. The largest absolute Gasteiger partial charge is 0.464 e. The first-order chi connectivity index (χ1) is 8.06. The minimum atomic E-state index is 0.0900. The molecule has 1 aromatic carbocycles. The lowest BCUT2D eigenvalue weighted by atomic mass is 10.2. The predicted octanol–water partition coefficient (Wildman–Crippen LogP) is 4.11. The van der Waals surface area contributed by atoms with Gasteiger partial charge in [0.2, 0.25) is 0 Å². The Morgan fingerprint density at radius 1 is 1.29 bits per heavy atom. The molecule has 90 valence electrons. The Bertz CT molecular complexity index is 522. The molecule has 0 aliphatic rings. The second-order valence-electron chi connectivity index (χ2n) is 4.05. The molecule has 2 rings (SSSR count). The maximum absolute atomic E-state index is 5.93. The summed E-state index contributed by atoms with van der Waals surface area (Å²) in [7, 11) is 0. The van der Waals surface area contributed by atoms with Gasteiger partial charge in [-0.2, -0.15) is 0 Å². The summed E-state index contributed by atoms with van der Waals surface area (Å²) in [6.45, 7) is 3.98. The standard InChI is InChI=1S/C13H15BrN2O/c1-8-3-6-13(17-8)9(2)16-12-5-4-10(14)7-11(12)15/h3-7,9,16H,15H2,1-2H3. The van der Waals surface area contributed by atoms with E-state index in [1.807, 2.05) is 44.2 Å². The number of hydrogen-bond acceptors (Lipinski definition) is 3. The van der Waals surface area contributed by atoms with E-state index < -0.39 is 0 Å². The highest BCUT2D eigenvalue weighted by molar-refractivity contribution is 9.10. The summed E-state index contributed by atoms with van der Waals surface area (Å²) in [5.74, 6) is 1.82. The van der Waals surface area contributed by atoms with Gasteiger partial charge in [0.1, 0.15) is 11.5 Å². The number of anilines is 2. The Morgan fingerprint density at radius 2 is 2.06 bits per heavy atom. The van der Waals surface area contributed by atoms with Crippen LogP contribution < -0.4 is 11.1 Å². The third-order valence-corrected chi connectivity index (χ3v) is 3.07. The number of nitrogens with one attached hydrogen (secondary N) is 1. The van der Waals surface area contributed by atoms with Crippen LogP contribution in [0.5, 0.6) is 0 Å². The predicted molar refractivity (Wildman–Crippen MR) is 74.0 cm³/mol. The van der Waals surface area contributed by atoms with Crippen LogP contribution in [0.4, 0.5) is 11.4 Å². The van der Waals surface area contributed by atoms with Crippen LogP contribution >= 0.6 is 15.9 Å². The van der Waals surface area contributed by atoms with Gasteiger partial charge in [0, 0.05) is 4.47 Å². The fourth-order valence-electron chi connectivity index (χ4n) is 1.66. The maximum Gasteiger partial charge on any atom is 0.126 e. The summed E-state index contributed by atoms with van der Waals surface area (Å²) in [5, 5.41) is 3.33. The highest BCUT2D eigenvalue weighted by Gasteiger charge is 2.10. The van der Waals surface area contributed by atoms with Crippen LogP contribution in [0, 0.1) is 6.92 Å². The summed E-state index contributed by atoms with van der Waals surface area (Å²) in [6.07, 6.45) is 0. The molecule has 0 amide bonds. The van der Waals surface area contributed by atoms with Gasteiger partial charge in [-0.25, -0.2) is 0 Å². The van der Waals surface area contributed by atoms with E-state index in [9.17, 15) is 0 Å². The molecule has 1 aromatic heterocycles. The summed E-state index contributed by atoms with van der Waals surface area (Å²) in [5.41, 5.74) is 7.56. The number of aryl methyl sites for hydroxylation is 1. The Labute approximate surface area is 109 Å². The number of nitrogen functional groups attached to an aromatic ring is 1. The second kappa shape index (κ2) is 4.84. The summed E-state index contributed by atoms with van der Waals surface area (Å²) >= 11 is 3.38. The van der Waals surface area contributed by atoms with Crippen LogP contribution in [0.25, 0.3) is 0 Å². The van der Waals surface area contributed by atoms with Crippen molar-refractivity contribution in [3.8, 4) is 0 Å². The zero-order valence-electron chi connectivity index (χ0n) is 9.83. The molecule has 0 spiro atoms. The van der Waals surface area contributed by atoms with Gasteiger partial charge < -0.3 is 15.5 Å². The molecule has 0 saturated heterocycles. The van der Waals surface area contributed by atoms with E-state index in [2.05, 4.69) is 21.2 Å². The van der Waals surface area contributed by atoms with Crippen molar-refractivity contribution in [2.45, 2.75) is 19.9 Å². The van der Waals surface area contributed by atoms with E-state index in [1.54, 1.807) is 0 Å². The number of halogens is 1. The molecule has 3 nitrogen and oxygen atoms in total. The molecule has 3 N–H and O–H groups in total. The van der Waals surface area contributed by atoms with Gasteiger partial charge in [0.25, 0.3) is 0 Å². The molecule has 0 aliphatic heterocycles. The molecule has 1 unspecified atom stereocenters. The van der Waals surface area contributed by atoms with Gasteiger partial charge in [-0.3, -0.25) is 0 Å². The molecule has 1 atom stereocenters. The molecule has 0 radical (unpaired) electrons. The van der Waals surface area contributed by atoms with Gasteiger partial charge in [-0.1, -0.05) is 15.9 Å². The van der Waals surface area contributed by atoms with Crippen molar-refractivity contribution in [1.82, 2.24) is 0 Å². The minimum Gasteiger partial charge on any atom is -0.464 e. The lowest BCUT2D eigenvalue weighted by Gasteiger charge is -2.15. The van der Waals surface area contributed by atoms with Gasteiger partial charge in [-0.15, -0.1) is 0 Å². The fraction of sp³-hybridized carbons (Fsp3) is 0.231. The van der Waals surface area contributed by atoms with Crippen LogP contribution in [-0.4, -0.2) is 0 Å². The van der Waals surface area contributed by atoms with Crippen molar-refractivity contribution in [2.75, 3.05) is 11.1 Å². The van der Waals surface area contributed by atoms with E-state index in [-0.39, 0.29) is 6.04 Å². The molecule has 2 aromatic rings. The average molecular weight is 295 g/mol. The molecule has 17 heavy (non-hydrogen) atoms. The highest BCUT2D eigenvalue weighted by Crippen LogP contribution is 2.27. The van der Waals surface area contributed by atoms with Gasteiger partial charge in [0.15, 0.2) is 0 Å². The first-order valence-electron chi connectivity index (χ1n) is 5.44. The topological polar surface area (TPSA) is 51.2 Å². The van der Waals surface area contributed by atoms with Crippen LogP contribution in [0.3, 0.4) is 0 Å². The third-order valence-electron chi connectivity index (χ3n) is 2.57. The van der Waals surface area contributed by atoms with Crippen molar-refractivity contribution in [1.29, 1.82) is 0 Å². The molecule has 0 aliphatic carbocycles. The molecule has 0 bridgehead atoms. The SMILES string of the molecule is Cc1ccc(C(C)Nc2ccc(Br)cc2N)o1.